The zero-order valence-corrected chi connectivity index (χ0v) is 12.9. The highest BCUT2D eigenvalue weighted by atomic mass is 15.3. The summed E-state index contributed by atoms with van der Waals surface area (Å²) < 4.78 is 0. The lowest BCUT2D eigenvalue weighted by atomic mass is 10.1. The van der Waals surface area contributed by atoms with Gasteiger partial charge in [0.2, 0.25) is 0 Å². The number of rotatable bonds is 2. The van der Waals surface area contributed by atoms with Gasteiger partial charge in [-0.3, -0.25) is 10.3 Å². The largest absolute Gasteiger partial charge is 0.384 e. The van der Waals surface area contributed by atoms with E-state index in [0.29, 0.717) is 6.04 Å². The average molecular weight is 288 g/mol. The lowest BCUT2D eigenvalue weighted by Crippen LogP contribution is -2.38. The third-order valence-electron chi connectivity index (χ3n) is 4.81. The summed E-state index contributed by atoms with van der Waals surface area (Å²) in [6.45, 7) is 8.21. The monoisotopic (exact) mass is 288 g/mol. The second-order valence-corrected chi connectivity index (χ2v) is 6.15. The second-order valence-electron chi connectivity index (χ2n) is 6.15. The van der Waals surface area contributed by atoms with Gasteiger partial charge in [0.1, 0.15) is 5.84 Å². The van der Waals surface area contributed by atoms with Crippen LogP contribution in [0.15, 0.2) is 0 Å². The Hall–Kier alpha value is -1.69. The van der Waals surface area contributed by atoms with Gasteiger partial charge in [-0.25, -0.2) is 0 Å². The molecule has 114 valence electrons. The number of aryl methyl sites for hydroxylation is 1. The predicted molar refractivity (Wildman–Crippen MR) is 83.9 cm³/mol. The summed E-state index contributed by atoms with van der Waals surface area (Å²) in [6, 6.07) is 0.607. The van der Waals surface area contributed by atoms with E-state index in [2.05, 4.69) is 20.0 Å². The van der Waals surface area contributed by atoms with Crippen molar-refractivity contribution in [2.45, 2.75) is 39.2 Å². The van der Waals surface area contributed by atoms with Crippen molar-refractivity contribution in [1.82, 2.24) is 15.1 Å². The highest BCUT2D eigenvalue weighted by molar-refractivity contribution is 6.01. The molecular weight excluding hydrogens is 264 g/mol. The van der Waals surface area contributed by atoms with Crippen LogP contribution in [-0.2, 0) is 0 Å². The van der Waals surface area contributed by atoms with Crippen molar-refractivity contribution < 1.29 is 0 Å². The van der Waals surface area contributed by atoms with Crippen LogP contribution in [0.5, 0.6) is 0 Å². The van der Waals surface area contributed by atoms with Crippen LogP contribution in [0.25, 0.3) is 0 Å². The van der Waals surface area contributed by atoms with Gasteiger partial charge in [0.05, 0.1) is 11.3 Å². The topological polar surface area (TPSA) is 82.1 Å². The number of nitrogens with two attached hydrogens (primary N) is 1. The maximum atomic E-state index is 7.91. The van der Waals surface area contributed by atoms with Crippen LogP contribution in [0.4, 0.5) is 5.82 Å². The number of nitrogen functional groups attached to an aromatic ring is 1. The molecule has 0 radical (unpaired) electrons. The highest BCUT2D eigenvalue weighted by Gasteiger charge is 2.30. The molecule has 21 heavy (non-hydrogen) atoms. The minimum absolute atomic E-state index is 0.0908. The van der Waals surface area contributed by atoms with E-state index in [1.807, 2.05) is 13.8 Å². The molecule has 3 N–H and O–H groups in total. The SMILES string of the molecule is Cc1nnc(N2CCCN3CCCC3C2)c(C(=N)N)c1C. The lowest BCUT2D eigenvalue weighted by Gasteiger charge is -2.28. The number of fused-ring (bicyclic) bond motifs is 1. The molecule has 3 heterocycles. The van der Waals surface area contributed by atoms with Gasteiger partial charge >= 0.3 is 0 Å². The van der Waals surface area contributed by atoms with Crippen molar-refractivity contribution in [2.24, 2.45) is 5.73 Å². The first-order chi connectivity index (χ1) is 10.1. The van der Waals surface area contributed by atoms with Crippen molar-refractivity contribution in [3.05, 3.63) is 16.8 Å². The maximum absolute atomic E-state index is 7.91. The summed E-state index contributed by atoms with van der Waals surface area (Å²) in [4.78, 5) is 4.87. The van der Waals surface area contributed by atoms with Crippen LogP contribution in [0, 0.1) is 19.3 Å². The molecule has 2 aliphatic rings. The van der Waals surface area contributed by atoms with Gasteiger partial charge in [-0.1, -0.05) is 0 Å². The van der Waals surface area contributed by atoms with Crippen LogP contribution in [-0.4, -0.2) is 53.2 Å². The lowest BCUT2D eigenvalue weighted by molar-refractivity contribution is 0.273. The molecule has 0 spiro atoms. The van der Waals surface area contributed by atoms with Crippen LogP contribution < -0.4 is 10.6 Å². The number of anilines is 1. The Bertz CT molecular complexity index is 555. The van der Waals surface area contributed by atoms with Gasteiger partial charge in [0.15, 0.2) is 5.82 Å². The Labute approximate surface area is 125 Å². The third-order valence-corrected chi connectivity index (χ3v) is 4.81. The first-order valence-corrected chi connectivity index (χ1v) is 7.75. The molecule has 0 saturated carbocycles. The van der Waals surface area contributed by atoms with Gasteiger partial charge in [0.25, 0.3) is 0 Å². The van der Waals surface area contributed by atoms with Gasteiger partial charge < -0.3 is 10.6 Å². The molecule has 1 aromatic heterocycles. The molecule has 6 heteroatoms. The average Bonchev–Trinajstić information content (AvgIpc) is 2.78. The summed E-state index contributed by atoms with van der Waals surface area (Å²) in [5.41, 5.74) is 8.39. The fraction of sp³-hybridized carbons (Fsp3) is 0.667. The minimum atomic E-state index is 0.0908. The Morgan fingerprint density at radius 2 is 1.95 bits per heavy atom. The number of amidine groups is 1. The molecule has 2 aliphatic heterocycles. The van der Waals surface area contributed by atoms with Crippen LogP contribution in [0.2, 0.25) is 0 Å². The second kappa shape index (κ2) is 5.60. The van der Waals surface area contributed by atoms with E-state index in [1.165, 1.54) is 19.4 Å². The molecule has 1 unspecified atom stereocenters. The summed E-state index contributed by atoms with van der Waals surface area (Å²) in [7, 11) is 0. The van der Waals surface area contributed by atoms with E-state index in [0.717, 1.165) is 48.7 Å². The molecule has 1 atom stereocenters. The highest BCUT2D eigenvalue weighted by Crippen LogP contribution is 2.27. The minimum Gasteiger partial charge on any atom is -0.384 e. The van der Waals surface area contributed by atoms with E-state index in [1.54, 1.807) is 0 Å². The molecule has 1 aromatic rings. The van der Waals surface area contributed by atoms with Crippen LogP contribution >= 0.6 is 0 Å². The molecular formula is C15H24N6. The number of hydrogen-bond acceptors (Lipinski definition) is 5. The predicted octanol–water partition coefficient (Wildman–Crippen LogP) is 1.05. The van der Waals surface area contributed by atoms with Crippen molar-refractivity contribution in [3.8, 4) is 0 Å². The molecule has 0 aliphatic carbocycles. The Morgan fingerprint density at radius 3 is 2.71 bits per heavy atom. The molecule has 6 nitrogen and oxygen atoms in total. The van der Waals surface area contributed by atoms with Crippen LogP contribution in [0.3, 0.4) is 0 Å². The third kappa shape index (κ3) is 2.60. The van der Waals surface area contributed by atoms with Crippen molar-refractivity contribution in [3.63, 3.8) is 0 Å². The van der Waals surface area contributed by atoms with Gasteiger partial charge in [-0.15, -0.1) is 5.10 Å². The van der Waals surface area contributed by atoms with Gasteiger partial charge in [-0.2, -0.15) is 5.10 Å². The van der Waals surface area contributed by atoms with E-state index < -0.39 is 0 Å². The number of nitrogens with zero attached hydrogens (tertiary/aromatic N) is 4. The molecule has 0 aromatic carbocycles. The summed E-state index contributed by atoms with van der Waals surface area (Å²) in [6.07, 6.45) is 3.67. The standard InChI is InChI=1S/C15H24N6/c1-10-11(2)18-19-15(13(10)14(16)17)21-8-4-7-20-6-3-5-12(20)9-21/h12H,3-9H2,1-2H3,(H3,16,17). The van der Waals surface area contributed by atoms with Crippen molar-refractivity contribution in [2.75, 3.05) is 31.1 Å². The van der Waals surface area contributed by atoms with E-state index in [9.17, 15) is 0 Å². The zero-order chi connectivity index (χ0) is 15.0. The smallest absolute Gasteiger partial charge is 0.162 e. The summed E-state index contributed by atoms with van der Waals surface area (Å²) in [5, 5.41) is 16.5. The summed E-state index contributed by atoms with van der Waals surface area (Å²) in [5.74, 6) is 0.882. The quantitative estimate of drug-likeness (QED) is 0.628. The molecule has 2 fully saturated rings. The first kappa shape index (κ1) is 14.3. The number of nitrogens with one attached hydrogen (secondary N) is 1. The molecule has 0 bridgehead atoms. The molecule has 0 amide bonds. The van der Waals surface area contributed by atoms with E-state index in [4.69, 9.17) is 11.1 Å². The molecule has 3 rings (SSSR count). The summed E-state index contributed by atoms with van der Waals surface area (Å²) >= 11 is 0. The van der Waals surface area contributed by atoms with Crippen molar-refractivity contribution >= 4 is 11.7 Å². The Balaban J connectivity index is 1.95. The van der Waals surface area contributed by atoms with Crippen LogP contribution in [0.1, 0.15) is 36.1 Å². The van der Waals surface area contributed by atoms with Gasteiger partial charge in [0, 0.05) is 25.7 Å². The number of hydrogen-bond donors (Lipinski definition) is 2. The fourth-order valence-electron chi connectivity index (χ4n) is 3.54. The Morgan fingerprint density at radius 1 is 1.19 bits per heavy atom. The van der Waals surface area contributed by atoms with Gasteiger partial charge in [-0.05, 0) is 45.2 Å². The normalized spacial score (nSPS) is 23.0. The zero-order valence-electron chi connectivity index (χ0n) is 12.9. The fourth-order valence-corrected chi connectivity index (χ4v) is 3.54. The maximum Gasteiger partial charge on any atom is 0.162 e. The Kier molecular flexibility index (Phi) is 3.80. The first-order valence-electron chi connectivity index (χ1n) is 7.75. The molecule has 2 saturated heterocycles. The number of aromatic nitrogens is 2. The van der Waals surface area contributed by atoms with E-state index >= 15 is 0 Å². The van der Waals surface area contributed by atoms with Crippen molar-refractivity contribution in [1.29, 1.82) is 5.41 Å². The van der Waals surface area contributed by atoms with E-state index in [-0.39, 0.29) is 5.84 Å².